The van der Waals surface area contributed by atoms with Gasteiger partial charge in [0.05, 0.1) is 0 Å². The molecule has 2 nitrogen and oxygen atoms in total. The first kappa shape index (κ1) is 14.9. The standard InChI is InChI=1S/C16H15Cl2NO/c1-3-8-19-9-7-16(20)12(11(19)2)10-13-14(17)5-4-6-15(13)18/h3-7,9H,1,8,10H2,2H3. The van der Waals surface area contributed by atoms with Crippen molar-refractivity contribution < 1.29 is 0 Å². The summed E-state index contributed by atoms with van der Waals surface area (Å²) in [5.74, 6) is 0. The molecule has 104 valence electrons. The Kier molecular flexibility index (Phi) is 4.69. The highest BCUT2D eigenvalue weighted by atomic mass is 35.5. The van der Waals surface area contributed by atoms with Crippen LogP contribution in [-0.2, 0) is 13.0 Å². The van der Waals surface area contributed by atoms with E-state index in [0.29, 0.717) is 28.6 Å². The van der Waals surface area contributed by atoms with Gasteiger partial charge in [0.15, 0.2) is 5.43 Å². The van der Waals surface area contributed by atoms with Crippen molar-refractivity contribution in [3.8, 4) is 0 Å². The molecule has 0 spiro atoms. The zero-order valence-corrected chi connectivity index (χ0v) is 12.7. The summed E-state index contributed by atoms with van der Waals surface area (Å²) in [7, 11) is 0. The molecule has 20 heavy (non-hydrogen) atoms. The summed E-state index contributed by atoms with van der Waals surface area (Å²) in [6.07, 6.45) is 4.00. The van der Waals surface area contributed by atoms with Gasteiger partial charge in [-0.15, -0.1) is 6.58 Å². The minimum Gasteiger partial charge on any atom is -0.347 e. The van der Waals surface area contributed by atoms with Crippen LogP contribution in [0.4, 0.5) is 0 Å². The smallest absolute Gasteiger partial charge is 0.185 e. The number of halogens is 2. The molecule has 0 aliphatic heterocycles. The second-order valence-corrected chi connectivity index (χ2v) is 5.38. The van der Waals surface area contributed by atoms with Gasteiger partial charge in [-0.3, -0.25) is 4.79 Å². The highest BCUT2D eigenvalue weighted by Crippen LogP contribution is 2.26. The van der Waals surface area contributed by atoms with E-state index in [1.54, 1.807) is 36.5 Å². The van der Waals surface area contributed by atoms with Crippen molar-refractivity contribution in [2.24, 2.45) is 0 Å². The average molecular weight is 308 g/mol. The monoisotopic (exact) mass is 307 g/mol. The summed E-state index contributed by atoms with van der Waals surface area (Å²) in [4.78, 5) is 12.1. The van der Waals surface area contributed by atoms with Crippen LogP contribution in [0.3, 0.4) is 0 Å². The van der Waals surface area contributed by atoms with Crippen molar-refractivity contribution >= 4 is 23.2 Å². The molecule has 0 amide bonds. The molecule has 0 saturated carbocycles. The Hall–Kier alpha value is -1.51. The van der Waals surface area contributed by atoms with E-state index in [4.69, 9.17) is 23.2 Å². The number of rotatable bonds is 4. The summed E-state index contributed by atoms with van der Waals surface area (Å²) >= 11 is 12.4. The van der Waals surface area contributed by atoms with Crippen molar-refractivity contribution in [3.63, 3.8) is 0 Å². The molecule has 1 aromatic heterocycles. The van der Waals surface area contributed by atoms with Gasteiger partial charge in [-0.1, -0.05) is 35.3 Å². The molecule has 0 bridgehead atoms. The first-order chi connectivity index (χ1) is 9.54. The minimum atomic E-state index is -0.00111. The minimum absolute atomic E-state index is 0.00111. The summed E-state index contributed by atoms with van der Waals surface area (Å²) in [5, 5.41) is 1.16. The van der Waals surface area contributed by atoms with Crippen molar-refractivity contribution in [2.75, 3.05) is 0 Å². The second-order valence-electron chi connectivity index (χ2n) is 4.56. The first-order valence-corrected chi connectivity index (χ1v) is 7.03. The van der Waals surface area contributed by atoms with E-state index in [1.165, 1.54) is 0 Å². The van der Waals surface area contributed by atoms with Gasteiger partial charge in [-0.05, 0) is 24.6 Å². The molecule has 1 heterocycles. The molecule has 0 radical (unpaired) electrons. The van der Waals surface area contributed by atoms with E-state index in [1.807, 2.05) is 11.5 Å². The third-order valence-corrected chi connectivity index (χ3v) is 4.02. The summed E-state index contributed by atoms with van der Waals surface area (Å²) in [6, 6.07) is 6.92. The van der Waals surface area contributed by atoms with Crippen LogP contribution < -0.4 is 5.43 Å². The third kappa shape index (κ3) is 2.97. The molecule has 2 rings (SSSR count). The molecule has 0 unspecified atom stereocenters. The maximum absolute atomic E-state index is 12.1. The lowest BCUT2D eigenvalue weighted by molar-refractivity contribution is 0.763. The Morgan fingerprint density at radius 3 is 2.45 bits per heavy atom. The Morgan fingerprint density at radius 2 is 1.85 bits per heavy atom. The van der Waals surface area contributed by atoms with E-state index in [0.717, 1.165) is 11.3 Å². The third-order valence-electron chi connectivity index (χ3n) is 3.31. The lowest BCUT2D eigenvalue weighted by Crippen LogP contribution is -2.16. The van der Waals surface area contributed by atoms with E-state index in [2.05, 4.69) is 6.58 Å². The highest BCUT2D eigenvalue weighted by Gasteiger charge is 2.12. The van der Waals surface area contributed by atoms with Gasteiger partial charge < -0.3 is 4.57 Å². The fourth-order valence-electron chi connectivity index (χ4n) is 2.15. The number of aromatic nitrogens is 1. The molecular formula is C16H15Cl2NO. The molecule has 4 heteroatoms. The van der Waals surface area contributed by atoms with Gasteiger partial charge in [0, 0.05) is 46.5 Å². The van der Waals surface area contributed by atoms with E-state index in [-0.39, 0.29) is 5.43 Å². The van der Waals surface area contributed by atoms with Crippen LogP contribution in [0, 0.1) is 6.92 Å². The Balaban J connectivity index is 2.51. The van der Waals surface area contributed by atoms with Gasteiger partial charge in [-0.25, -0.2) is 0 Å². The maximum Gasteiger partial charge on any atom is 0.185 e. The van der Waals surface area contributed by atoms with Gasteiger partial charge in [-0.2, -0.15) is 0 Å². The SMILES string of the molecule is C=CCn1ccc(=O)c(Cc2c(Cl)cccc2Cl)c1C. The summed E-state index contributed by atoms with van der Waals surface area (Å²) < 4.78 is 1.98. The van der Waals surface area contributed by atoms with E-state index in [9.17, 15) is 4.79 Å². The Morgan fingerprint density at radius 1 is 1.20 bits per heavy atom. The number of pyridine rings is 1. The van der Waals surface area contributed by atoms with Crippen LogP contribution in [0.1, 0.15) is 16.8 Å². The van der Waals surface area contributed by atoms with Crippen LogP contribution in [-0.4, -0.2) is 4.57 Å². The molecule has 2 aromatic rings. The number of nitrogens with zero attached hydrogens (tertiary/aromatic N) is 1. The van der Waals surface area contributed by atoms with Crippen molar-refractivity contribution in [3.05, 3.63) is 80.2 Å². The average Bonchev–Trinajstić information content (AvgIpc) is 2.41. The second kappa shape index (κ2) is 6.29. The molecule has 0 aliphatic rings. The zero-order chi connectivity index (χ0) is 14.7. The van der Waals surface area contributed by atoms with Crippen LogP contribution >= 0.6 is 23.2 Å². The first-order valence-electron chi connectivity index (χ1n) is 6.27. The topological polar surface area (TPSA) is 22.0 Å². The Labute approximate surface area is 128 Å². The zero-order valence-electron chi connectivity index (χ0n) is 11.2. The van der Waals surface area contributed by atoms with E-state index >= 15 is 0 Å². The molecule has 0 atom stereocenters. The largest absolute Gasteiger partial charge is 0.347 e. The number of hydrogen-bond donors (Lipinski definition) is 0. The molecule has 1 aromatic carbocycles. The van der Waals surface area contributed by atoms with Gasteiger partial charge in [0.2, 0.25) is 0 Å². The maximum atomic E-state index is 12.1. The quantitative estimate of drug-likeness (QED) is 0.774. The van der Waals surface area contributed by atoms with Crippen molar-refractivity contribution in [1.82, 2.24) is 4.57 Å². The van der Waals surface area contributed by atoms with Gasteiger partial charge in [0.25, 0.3) is 0 Å². The lowest BCUT2D eigenvalue weighted by Gasteiger charge is -2.14. The highest BCUT2D eigenvalue weighted by molar-refractivity contribution is 6.36. The number of benzene rings is 1. The van der Waals surface area contributed by atoms with Gasteiger partial charge >= 0.3 is 0 Å². The van der Waals surface area contributed by atoms with Crippen LogP contribution in [0.2, 0.25) is 10.0 Å². The normalized spacial score (nSPS) is 10.6. The lowest BCUT2D eigenvalue weighted by atomic mass is 10.0. The van der Waals surface area contributed by atoms with Crippen LogP contribution in [0.5, 0.6) is 0 Å². The molecule has 0 N–H and O–H groups in total. The molecule has 0 fully saturated rings. The van der Waals surface area contributed by atoms with Crippen LogP contribution in [0.15, 0.2) is 47.9 Å². The predicted octanol–water partition coefficient (Wildman–Crippen LogP) is 4.24. The summed E-state index contributed by atoms with van der Waals surface area (Å²) in [6.45, 7) is 6.30. The number of allylic oxidation sites excluding steroid dienone is 1. The fourth-order valence-corrected chi connectivity index (χ4v) is 2.68. The van der Waals surface area contributed by atoms with Gasteiger partial charge in [0.1, 0.15) is 0 Å². The Bertz CT molecular complexity index is 684. The molecule has 0 saturated heterocycles. The summed E-state index contributed by atoms with van der Waals surface area (Å²) in [5.41, 5.74) is 2.41. The predicted molar refractivity (Wildman–Crippen MR) is 84.9 cm³/mol. The number of hydrogen-bond acceptors (Lipinski definition) is 1. The molecule has 0 aliphatic carbocycles. The van der Waals surface area contributed by atoms with E-state index < -0.39 is 0 Å². The van der Waals surface area contributed by atoms with Crippen LogP contribution in [0.25, 0.3) is 0 Å². The van der Waals surface area contributed by atoms with Crippen molar-refractivity contribution in [1.29, 1.82) is 0 Å². The molecular weight excluding hydrogens is 293 g/mol. The fraction of sp³-hybridized carbons (Fsp3) is 0.188. The van der Waals surface area contributed by atoms with Crippen molar-refractivity contribution in [2.45, 2.75) is 19.9 Å².